The molecular formula is C10H13N5. The number of aromatic nitrogens is 3. The minimum absolute atomic E-state index is 0.0299. The van der Waals surface area contributed by atoms with E-state index in [9.17, 15) is 0 Å². The van der Waals surface area contributed by atoms with Gasteiger partial charge in [-0.15, -0.1) is 10.2 Å². The molecule has 2 aromatic rings. The molecule has 5 nitrogen and oxygen atoms in total. The highest BCUT2D eigenvalue weighted by atomic mass is 15.3. The number of nitrogens with two attached hydrogens (primary N) is 1. The van der Waals surface area contributed by atoms with E-state index in [4.69, 9.17) is 11.1 Å². The van der Waals surface area contributed by atoms with Crippen molar-refractivity contribution in [2.45, 2.75) is 19.8 Å². The molecule has 0 saturated heterocycles. The van der Waals surface area contributed by atoms with E-state index in [2.05, 4.69) is 10.2 Å². The molecule has 0 spiro atoms. The van der Waals surface area contributed by atoms with Crippen LogP contribution >= 0.6 is 0 Å². The first-order valence-electron chi connectivity index (χ1n) is 4.79. The average Bonchev–Trinajstić information content (AvgIpc) is 2.60. The number of rotatable bonds is 2. The highest BCUT2D eigenvalue weighted by molar-refractivity contribution is 5.94. The molecule has 0 atom stereocenters. The Balaban J connectivity index is 2.80. The van der Waals surface area contributed by atoms with Crippen LogP contribution in [0.15, 0.2) is 18.2 Å². The van der Waals surface area contributed by atoms with Gasteiger partial charge in [-0.25, -0.2) is 0 Å². The van der Waals surface area contributed by atoms with Crippen LogP contribution in [0.1, 0.15) is 31.3 Å². The van der Waals surface area contributed by atoms with Gasteiger partial charge >= 0.3 is 0 Å². The summed E-state index contributed by atoms with van der Waals surface area (Å²) in [6, 6.07) is 5.47. The molecule has 3 N–H and O–H groups in total. The van der Waals surface area contributed by atoms with Crippen molar-refractivity contribution in [1.82, 2.24) is 14.6 Å². The molecule has 0 bridgehead atoms. The number of nitrogens with one attached hydrogen (secondary N) is 1. The first-order valence-corrected chi connectivity index (χ1v) is 4.79. The van der Waals surface area contributed by atoms with Crippen LogP contribution in [0, 0.1) is 5.41 Å². The normalized spacial score (nSPS) is 11.1. The molecule has 15 heavy (non-hydrogen) atoms. The lowest BCUT2D eigenvalue weighted by Crippen LogP contribution is -2.17. The largest absolute Gasteiger partial charge is 0.382 e. The van der Waals surface area contributed by atoms with Crippen LogP contribution in [0.4, 0.5) is 0 Å². The molecular weight excluding hydrogens is 190 g/mol. The number of amidine groups is 1. The van der Waals surface area contributed by atoms with Crippen molar-refractivity contribution in [2.24, 2.45) is 5.73 Å². The van der Waals surface area contributed by atoms with E-state index in [1.165, 1.54) is 0 Å². The molecule has 2 aromatic heterocycles. The maximum absolute atomic E-state index is 7.50. The molecule has 0 fully saturated rings. The van der Waals surface area contributed by atoms with Gasteiger partial charge in [0.2, 0.25) is 0 Å². The third kappa shape index (κ3) is 1.45. The van der Waals surface area contributed by atoms with Crippen molar-refractivity contribution < 1.29 is 0 Å². The Kier molecular flexibility index (Phi) is 2.15. The van der Waals surface area contributed by atoms with Crippen LogP contribution in [-0.2, 0) is 0 Å². The van der Waals surface area contributed by atoms with Gasteiger partial charge < -0.3 is 5.73 Å². The van der Waals surface area contributed by atoms with Crippen LogP contribution < -0.4 is 5.73 Å². The summed E-state index contributed by atoms with van der Waals surface area (Å²) in [5, 5.41) is 15.6. The summed E-state index contributed by atoms with van der Waals surface area (Å²) in [5.41, 5.74) is 6.88. The van der Waals surface area contributed by atoms with Gasteiger partial charge in [0.05, 0.1) is 5.69 Å². The maximum Gasteiger partial charge on any atom is 0.161 e. The van der Waals surface area contributed by atoms with Gasteiger partial charge in [0, 0.05) is 5.92 Å². The lowest BCUT2D eigenvalue weighted by molar-refractivity contribution is 0.757. The summed E-state index contributed by atoms with van der Waals surface area (Å²) in [6.07, 6.45) is 0. The van der Waals surface area contributed by atoms with Crippen LogP contribution in [0.3, 0.4) is 0 Å². The van der Waals surface area contributed by atoms with Gasteiger partial charge in [-0.05, 0) is 12.1 Å². The number of nitrogen functional groups attached to an aromatic ring is 1. The fourth-order valence-electron chi connectivity index (χ4n) is 1.55. The number of hydrogen-bond acceptors (Lipinski definition) is 3. The minimum Gasteiger partial charge on any atom is -0.382 e. The first-order chi connectivity index (χ1) is 7.11. The molecule has 0 radical (unpaired) electrons. The fraction of sp³-hybridized carbons (Fsp3) is 0.300. The zero-order valence-corrected chi connectivity index (χ0v) is 8.73. The van der Waals surface area contributed by atoms with E-state index >= 15 is 0 Å². The third-order valence-corrected chi connectivity index (χ3v) is 2.25. The Morgan fingerprint density at radius 1 is 1.40 bits per heavy atom. The van der Waals surface area contributed by atoms with E-state index in [1.54, 1.807) is 6.07 Å². The molecule has 0 aromatic carbocycles. The Bertz CT molecular complexity index is 512. The van der Waals surface area contributed by atoms with Crippen molar-refractivity contribution >= 4 is 11.5 Å². The Labute approximate surface area is 87.4 Å². The van der Waals surface area contributed by atoms with Crippen molar-refractivity contribution in [3.05, 3.63) is 29.7 Å². The van der Waals surface area contributed by atoms with Crippen molar-refractivity contribution in [3.63, 3.8) is 0 Å². The summed E-state index contributed by atoms with van der Waals surface area (Å²) in [7, 11) is 0. The van der Waals surface area contributed by atoms with Crippen LogP contribution in [-0.4, -0.2) is 20.4 Å². The molecule has 0 unspecified atom stereocenters. The number of nitrogens with zero attached hydrogens (tertiary/aromatic N) is 3. The zero-order chi connectivity index (χ0) is 11.0. The second-order valence-corrected chi connectivity index (χ2v) is 3.73. The topological polar surface area (TPSA) is 80.1 Å². The van der Waals surface area contributed by atoms with Gasteiger partial charge in [0.25, 0.3) is 0 Å². The predicted octanol–water partition coefficient (Wildman–Crippen LogP) is 1.14. The zero-order valence-electron chi connectivity index (χ0n) is 8.73. The SMILES string of the molecule is CC(C)c1nnc2cccc(C(=N)N)n12. The van der Waals surface area contributed by atoms with Gasteiger partial charge in [-0.3, -0.25) is 9.81 Å². The Morgan fingerprint density at radius 3 is 2.73 bits per heavy atom. The van der Waals surface area contributed by atoms with Crippen molar-refractivity contribution in [3.8, 4) is 0 Å². The lowest BCUT2D eigenvalue weighted by Gasteiger charge is -2.07. The van der Waals surface area contributed by atoms with E-state index in [0.29, 0.717) is 5.69 Å². The van der Waals surface area contributed by atoms with Crippen molar-refractivity contribution in [1.29, 1.82) is 5.41 Å². The van der Waals surface area contributed by atoms with E-state index in [-0.39, 0.29) is 11.8 Å². The summed E-state index contributed by atoms with van der Waals surface area (Å²) in [6.45, 7) is 4.07. The summed E-state index contributed by atoms with van der Waals surface area (Å²) >= 11 is 0. The van der Waals surface area contributed by atoms with Crippen LogP contribution in [0.2, 0.25) is 0 Å². The molecule has 0 amide bonds. The summed E-state index contributed by atoms with van der Waals surface area (Å²) in [4.78, 5) is 0. The number of pyridine rings is 1. The molecule has 5 heteroatoms. The Hall–Kier alpha value is -1.91. The maximum atomic E-state index is 7.50. The quantitative estimate of drug-likeness (QED) is 0.567. The molecule has 0 aliphatic heterocycles. The first kappa shape index (κ1) is 9.64. The molecule has 2 heterocycles. The van der Waals surface area contributed by atoms with E-state index in [1.807, 2.05) is 30.4 Å². The minimum atomic E-state index is 0.0299. The molecule has 0 aliphatic carbocycles. The van der Waals surface area contributed by atoms with Crippen LogP contribution in [0.25, 0.3) is 5.65 Å². The monoisotopic (exact) mass is 203 g/mol. The molecule has 0 saturated carbocycles. The molecule has 2 rings (SSSR count). The summed E-state index contributed by atoms with van der Waals surface area (Å²) < 4.78 is 1.83. The predicted molar refractivity (Wildman–Crippen MR) is 58.1 cm³/mol. The van der Waals surface area contributed by atoms with E-state index in [0.717, 1.165) is 11.5 Å². The summed E-state index contributed by atoms with van der Waals surface area (Å²) in [5.74, 6) is 1.11. The number of hydrogen-bond donors (Lipinski definition) is 2. The second kappa shape index (κ2) is 3.34. The van der Waals surface area contributed by atoms with Gasteiger partial charge in [-0.1, -0.05) is 19.9 Å². The molecule has 78 valence electrons. The van der Waals surface area contributed by atoms with Gasteiger partial charge in [0.15, 0.2) is 5.65 Å². The second-order valence-electron chi connectivity index (χ2n) is 3.73. The Morgan fingerprint density at radius 2 is 2.13 bits per heavy atom. The van der Waals surface area contributed by atoms with Crippen LogP contribution in [0.5, 0.6) is 0 Å². The fourth-order valence-corrected chi connectivity index (χ4v) is 1.55. The highest BCUT2D eigenvalue weighted by Gasteiger charge is 2.13. The molecule has 0 aliphatic rings. The lowest BCUT2D eigenvalue weighted by atomic mass is 10.2. The smallest absolute Gasteiger partial charge is 0.161 e. The standard InChI is InChI=1S/C10H13N5/c1-6(2)10-14-13-8-5-3-4-7(9(11)12)15(8)10/h3-6H,1-2H3,(H3,11,12). The van der Waals surface area contributed by atoms with Gasteiger partial charge in [-0.2, -0.15) is 0 Å². The highest BCUT2D eigenvalue weighted by Crippen LogP contribution is 2.15. The van der Waals surface area contributed by atoms with Crippen molar-refractivity contribution in [2.75, 3.05) is 0 Å². The third-order valence-electron chi connectivity index (χ3n) is 2.25. The average molecular weight is 203 g/mol. The van der Waals surface area contributed by atoms with Gasteiger partial charge in [0.1, 0.15) is 11.7 Å². The van der Waals surface area contributed by atoms with E-state index < -0.39 is 0 Å². The number of fused-ring (bicyclic) bond motifs is 1.